The molecule has 0 spiro atoms. The van der Waals surface area contributed by atoms with Crippen molar-refractivity contribution < 1.29 is 9.53 Å². The Hall–Kier alpha value is -1.31. The number of hydrogen-bond acceptors (Lipinski definition) is 2. The molecule has 1 aromatic carbocycles. The molecule has 0 amide bonds. The fourth-order valence-corrected chi connectivity index (χ4v) is 3.67. The molecule has 1 aliphatic carbocycles. The van der Waals surface area contributed by atoms with Crippen molar-refractivity contribution in [2.75, 3.05) is 0 Å². The van der Waals surface area contributed by atoms with Crippen molar-refractivity contribution >= 4 is 6.47 Å². The molecule has 2 unspecified atom stereocenters. The van der Waals surface area contributed by atoms with Crippen molar-refractivity contribution in [3.63, 3.8) is 0 Å². The molecule has 2 heteroatoms. The van der Waals surface area contributed by atoms with Crippen LogP contribution in [0.15, 0.2) is 12.1 Å². The second-order valence-electron chi connectivity index (χ2n) is 7.40. The number of hydrogen-bond donors (Lipinski definition) is 0. The molecule has 2 rings (SSSR count). The van der Waals surface area contributed by atoms with Crippen molar-refractivity contribution in [3.05, 3.63) is 28.8 Å². The van der Waals surface area contributed by atoms with Gasteiger partial charge in [-0.25, -0.2) is 0 Å². The maximum Gasteiger partial charge on any atom is 0.298 e. The van der Waals surface area contributed by atoms with Gasteiger partial charge in [-0.2, -0.15) is 0 Å². The Bertz CT molecular complexity index is 541. The molecule has 0 heterocycles. The van der Waals surface area contributed by atoms with E-state index in [9.17, 15) is 4.79 Å². The standard InChI is InChI=1S/C18H26O2/c1-11-8-14-15(9-16(11)20-10-19)18(6,7)13(3)12(2)17(14,4)5/h8-10,12-13H,1-7H3. The molecule has 2 atom stereocenters. The van der Waals surface area contributed by atoms with Crippen LogP contribution in [-0.2, 0) is 15.6 Å². The van der Waals surface area contributed by atoms with E-state index >= 15 is 0 Å². The van der Waals surface area contributed by atoms with E-state index in [1.165, 1.54) is 11.1 Å². The molecule has 1 aromatic rings. The lowest BCUT2D eigenvalue weighted by Gasteiger charge is -2.51. The molecule has 0 N–H and O–H groups in total. The van der Waals surface area contributed by atoms with Crippen LogP contribution in [0.1, 0.15) is 58.2 Å². The Labute approximate surface area is 122 Å². The number of fused-ring (bicyclic) bond motifs is 1. The smallest absolute Gasteiger partial charge is 0.298 e. The summed E-state index contributed by atoms with van der Waals surface area (Å²) in [4.78, 5) is 10.7. The predicted octanol–water partition coefficient (Wildman–Crippen LogP) is 4.37. The van der Waals surface area contributed by atoms with Gasteiger partial charge in [-0.1, -0.05) is 47.6 Å². The van der Waals surface area contributed by atoms with Crippen LogP contribution in [0.25, 0.3) is 0 Å². The van der Waals surface area contributed by atoms with Gasteiger partial charge in [0.2, 0.25) is 0 Å². The highest BCUT2D eigenvalue weighted by atomic mass is 16.5. The lowest BCUT2D eigenvalue weighted by molar-refractivity contribution is -0.120. The second kappa shape index (κ2) is 4.61. The van der Waals surface area contributed by atoms with Gasteiger partial charge in [-0.05, 0) is 52.3 Å². The topological polar surface area (TPSA) is 26.3 Å². The van der Waals surface area contributed by atoms with Gasteiger partial charge in [-0.3, -0.25) is 4.79 Å². The number of ether oxygens (including phenoxy) is 1. The third kappa shape index (κ3) is 1.97. The van der Waals surface area contributed by atoms with Gasteiger partial charge in [0, 0.05) is 0 Å². The Balaban J connectivity index is 2.73. The second-order valence-corrected chi connectivity index (χ2v) is 7.40. The molecule has 0 bridgehead atoms. The highest BCUT2D eigenvalue weighted by Crippen LogP contribution is 2.53. The zero-order chi connectivity index (χ0) is 15.3. The highest BCUT2D eigenvalue weighted by Gasteiger charge is 2.47. The van der Waals surface area contributed by atoms with Gasteiger partial charge in [-0.15, -0.1) is 0 Å². The summed E-state index contributed by atoms with van der Waals surface area (Å²) in [6.45, 7) is 16.4. The Kier molecular flexibility index (Phi) is 3.48. The van der Waals surface area contributed by atoms with Gasteiger partial charge >= 0.3 is 0 Å². The van der Waals surface area contributed by atoms with E-state index in [2.05, 4.69) is 53.7 Å². The first-order valence-corrected chi connectivity index (χ1v) is 7.40. The van der Waals surface area contributed by atoms with E-state index < -0.39 is 0 Å². The summed E-state index contributed by atoms with van der Waals surface area (Å²) in [7, 11) is 0. The fraction of sp³-hybridized carbons (Fsp3) is 0.611. The summed E-state index contributed by atoms with van der Waals surface area (Å²) in [6.07, 6.45) is 0. The summed E-state index contributed by atoms with van der Waals surface area (Å²) in [5.74, 6) is 1.85. The van der Waals surface area contributed by atoms with Crippen molar-refractivity contribution in [3.8, 4) is 5.75 Å². The molecule has 20 heavy (non-hydrogen) atoms. The van der Waals surface area contributed by atoms with Gasteiger partial charge < -0.3 is 4.74 Å². The molecular weight excluding hydrogens is 248 g/mol. The van der Waals surface area contributed by atoms with E-state index in [1.807, 2.05) is 6.92 Å². The van der Waals surface area contributed by atoms with E-state index in [1.54, 1.807) is 0 Å². The first-order valence-electron chi connectivity index (χ1n) is 7.40. The maximum atomic E-state index is 10.7. The minimum Gasteiger partial charge on any atom is -0.428 e. The van der Waals surface area contributed by atoms with E-state index in [0.29, 0.717) is 24.1 Å². The van der Waals surface area contributed by atoms with E-state index in [-0.39, 0.29) is 10.8 Å². The average molecular weight is 274 g/mol. The monoisotopic (exact) mass is 274 g/mol. The quantitative estimate of drug-likeness (QED) is 0.748. The van der Waals surface area contributed by atoms with Crippen LogP contribution in [-0.4, -0.2) is 6.47 Å². The summed E-state index contributed by atoms with van der Waals surface area (Å²) >= 11 is 0. The maximum absolute atomic E-state index is 10.7. The number of rotatable bonds is 2. The van der Waals surface area contributed by atoms with Gasteiger partial charge in [0.25, 0.3) is 6.47 Å². The molecule has 0 aromatic heterocycles. The van der Waals surface area contributed by atoms with Crippen LogP contribution in [0.4, 0.5) is 0 Å². The highest BCUT2D eigenvalue weighted by molar-refractivity contribution is 5.54. The zero-order valence-corrected chi connectivity index (χ0v) is 13.7. The van der Waals surface area contributed by atoms with Crippen molar-refractivity contribution in [2.24, 2.45) is 11.8 Å². The van der Waals surface area contributed by atoms with Crippen LogP contribution >= 0.6 is 0 Å². The summed E-state index contributed by atoms with van der Waals surface area (Å²) in [5.41, 5.74) is 3.95. The third-order valence-corrected chi connectivity index (χ3v) is 5.91. The SMILES string of the molecule is Cc1cc2c(cc1OC=O)C(C)(C)C(C)C(C)C2(C)C. The minimum absolute atomic E-state index is 0.0823. The van der Waals surface area contributed by atoms with Gasteiger partial charge in [0.15, 0.2) is 0 Å². The largest absolute Gasteiger partial charge is 0.428 e. The van der Waals surface area contributed by atoms with E-state index in [0.717, 1.165) is 5.56 Å². The number of aryl methyl sites for hydroxylation is 1. The molecule has 0 saturated carbocycles. The molecule has 0 saturated heterocycles. The first-order chi connectivity index (χ1) is 9.14. The normalized spacial score (nSPS) is 26.8. The lowest BCUT2D eigenvalue weighted by Crippen LogP contribution is -2.46. The van der Waals surface area contributed by atoms with Gasteiger partial charge in [0.05, 0.1) is 0 Å². The molecule has 1 aliphatic rings. The Morgan fingerprint density at radius 1 is 1.00 bits per heavy atom. The predicted molar refractivity (Wildman–Crippen MR) is 82.3 cm³/mol. The molecule has 2 nitrogen and oxygen atoms in total. The molecule has 110 valence electrons. The zero-order valence-electron chi connectivity index (χ0n) is 13.7. The van der Waals surface area contributed by atoms with Crippen molar-refractivity contribution in [1.29, 1.82) is 0 Å². The Morgan fingerprint density at radius 3 is 1.90 bits per heavy atom. The van der Waals surface area contributed by atoms with Crippen LogP contribution in [0.2, 0.25) is 0 Å². The van der Waals surface area contributed by atoms with E-state index in [4.69, 9.17) is 4.74 Å². The fourth-order valence-electron chi connectivity index (χ4n) is 3.67. The number of benzene rings is 1. The van der Waals surface area contributed by atoms with Crippen molar-refractivity contribution in [1.82, 2.24) is 0 Å². The molecule has 0 fully saturated rings. The Morgan fingerprint density at radius 2 is 1.45 bits per heavy atom. The van der Waals surface area contributed by atoms with Gasteiger partial charge in [0.1, 0.15) is 5.75 Å². The molecular formula is C18H26O2. The third-order valence-electron chi connectivity index (χ3n) is 5.91. The first kappa shape index (κ1) is 15.1. The number of carbonyl (C=O) groups excluding carboxylic acids is 1. The average Bonchev–Trinajstić information content (AvgIpc) is 2.37. The lowest BCUT2D eigenvalue weighted by atomic mass is 9.53. The van der Waals surface area contributed by atoms with Crippen LogP contribution in [0.5, 0.6) is 5.75 Å². The van der Waals surface area contributed by atoms with Crippen LogP contribution in [0, 0.1) is 18.8 Å². The minimum atomic E-state index is 0.0823. The number of carbonyl (C=O) groups is 1. The molecule has 0 aliphatic heterocycles. The van der Waals surface area contributed by atoms with Crippen molar-refractivity contribution in [2.45, 2.75) is 59.3 Å². The molecule has 0 radical (unpaired) electrons. The van der Waals surface area contributed by atoms with Crippen LogP contribution in [0.3, 0.4) is 0 Å². The summed E-state index contributed by atoms with van der Waals surface area (Å²) in [6, 6.07) is 4.28. The van der Waals surface area contributed by atoms with Crippen LogP contribution < -0.4 is 4.74 Å². The summed E-state index contributed by atoms with van der Waals surface area (Å²) < 4.78 is 5.15. The summed E-state index contributed by atoms with van der Waals surface area (Å²) in [5, 5.41) is 0.